The van der Waals surface area contributed by atoms with Crippen molar-refractivity contribution >= 4 is 96.9 Å². The van der Waals surface area contributed by atoms with Crippen LogP contribution >= 0.6 is 11.3 Å². The molecule has 0 aliphatic rings. The lowest BCUT2D eigenvalue weighted by atomic mass is 10.1. The SMILES string of the molecule is c1cc(-c2cccc3c2sc2ccccc23)nc(-n2c3ccccc3c3ccc4c5ccccc5n(-c5ccc(-n6c7ccccc7c7ccccc76)cc5)c4c32)c1. The topological polar surface area (TPSA) is 27.7 Å². The predicted octanol–water partition coefficient (Wildman–Crippen LogP) is 14.4. The molecule has 0 saturated carbocycles. The molecule has 0 amide bonds. The molecule has 0 bridgehead atoms. The Bertz CT molecular complexity index is 3750. The number of thiophene rings is 1. The summed E-state index contributed by atoms with van der Waals surface area (Å²) in [6.45, 7) is 0. The van der Waals surface area contributed by atoms with Crippen LogP contribution in [0.5, 0.6) is 0 Å². The quantitative estimate of drug-likeness (QED) is 0.176. The number of hydrogen-bond donors (Lipinski definition) is 0. The maximum absolute atomic E-state index is 5.52. The number of rotatable bonds is 4. The molecule has 5 aromatic heterocycles. The Morgan fingerprint density at radius 1 is 0.328 bits per heavy atom. The summed E-state index contributed by atoms with van der Waals surface area (Å²) in [5, 5.41) is 9.94. The van der Waals surface area contributed by atoms with Crippen molar-refractivity contribution in [3.05, 3.63) is 194 Å². The first-order valence-corrected chi connectivity index (χ1v) is 20.5. The number of nitrogens with zero attached hydrogens (tertiary/aromatic N) is 4. The molecule has 13 rings (SSSR count). The molecule has 4 nitrogen and oxygen atoms in total. The van der Waals surface area contributed by atoms with Crippen molar-refractivity contribution in [2.75, 3.05) is 0 Å². The first-order chi connectivity index (χ1) is 28.8. The summed E-state index contributed by atoms with van der Waals surface area (Å²) in [5.41, 5.74) is 11.4. The number of fused-ring (bicyclic) bond motifs is 13. The van der Waals surface area contributed by atoms with Crippen LogP contribution < -0.4 is 0 Å². The molecule has 5 heterocycles. The van der Waals surface area contributed by atoms with Crippen molar-refractivity contribution < 1.29 is 0 Å². The third kappa shape index (κ3) is 4.36. The van der Waals surface area contributed by atoms with Gasteiger partial charge in [-0.15, -0.1) is 11.3 Å². The molecule has 0 radical (unpaired) electrons. The number of pyridine rings is 1. The van der Waals surface area contributed by atoms with E-state index in [4.69, 9.17) is 4.98 Å². The number of aromatic nitrogens is 4. The van der Waals surface area contributed by atoms with E-state index < -0.39 is 0 Å². The van der Waals surface area contributed by atoms with Gasteiger partial charge in [0.25, 0.3) is 0 Å². The number of para-hydroxylation sites is 4. The first-order valence-electron chi connectivity index (χ1n) is 19.7. The highest BCUT2D eigenvalue weighted by molar-refractivity contribution is 7.26. The van der Waals surface area contributed by atoms with Crippen LogP contribution in [0.1, 0.15) is 0 Å². The zero-order chi connectivity index (χ0) is 37.9. The molecule has 0 N–H and O–H groups in total. The van der Waals surface area contributed by atoms with Gasteiger partial charge >= 0.3 is 0 Å². The van der Waals surface area contributed by atoms with Crippen LogP contribution in [0.4, 0.5) is 0 Å². The van der Waals surface area contributed by atoms with Crippen molar-refractivity contribution in [3.63, 3.8) is 0 Å². The summed E-state index contributed by atoms with van der Waals surface area (Å²) in [6, 6.07) is 70.5. The molecule has 0 spiro atoms. The Hall–Kier alpha value is -7.47. The lowest BCUT2D eigenvalue weighted by Gasteiger charge is -2.14. The van der Waals surface area contributed by atoms with E-state index in [1.165, 1.54) is 74.6 Å². The molecule has 0 aliphatic heterocycles. The van der Waals surface area contributed by atoms with Gasteiger partial charge in [-0.1, -0.05) is 127 Å². The van der Waals surface area contributed by atoms with Crippen LogP contribution in [0.25, 0.3) is 114 Å². The average Bonchev–Trinajstić information content (AvgIpc) is 4.03. The van der Waals surface area contributed by atoms with E-state index in [9.17, 15) is 0 Å². The van der Waals surface area contributed by atoms with Gasteiger partial charge < -0.3 is 9.13 Å². The first kappa shape index (κ1) is 31.7. The minimum atomic E-state index is 0.896. The minimum absolute atomic E-state index is 0.896. The van der Waals surface area contributed by atoms with Gasteiger partial charge in [0.1, 0.15) is 5.82 Å². The highest BCUT2D eigenvalue weighted by Crippen LogP contribution is 2.43. The van der Waals surface area contributed by atoms with E-state index in [0.717, 1.165) is 39.5 Å². The van der Waals surface area contributed by atoms with Gasteiger partial charge in [-0.05, 0) is 66.7 Å². The smallest absolute Gasteiger partial charge is 0.138 e. The maximum atomic E-state index is 5.52. The van der Waals surface area contributed by atoms with Crippen molar-refractivity contribution in [2.45, 2.75) is 0 Å². The normalized spacial score (nSPS) is 12.1. The molecule has 0 saturated heterocycles. The summed E-state index contributed by atoms with van der Waals surface area (Å²) in [7, 11) is 0. The maximum Gasteiger partial charge on any atom is 0.138 e. The van der Waals surface area contributed by atoms with Gasteiger partial charge in [0.15, 0.2) is 0 Å². The third-order valence-electron chi connectivity index (χ3n) is 12.1. The van der Waals surface area contributed by atoms with Crippen LogP contribution in [-0.2, 0) is 0 Å². The van der Waals surface area contributed by atoms with Crippen molar-refractivity contribution in [1.82, 2.24) is 18.7 Å². The van der Waals surface area contributed by atoms with Gasteiger partial charge in [-0.2, -0.15) is 0 Å². The summed E-state index contributed by atoms with van der Waals surface area (Å²) >= 11 is 1.84. The molecule has 58 heavy (non-hydrogen) atoms. The van der Waals surface area contributed by atoms with E-state index in [2.05, 4.69) is 208 Å². The van der Waals surface area contributed by atoms with E-state index in [1.807, 2.05) is 11.3 Å². The summed E-state index contributed by atoms with van der Waals surface area (Å²) in [4.78, 5) is 5.52. The predicted molar refractivity (Wildman–Crippen MR) is 246 cm³/mol. The molecule has 0 aliphatic carbocycles. The highest BCUT2D eigenvalue weighted by Gasteiger charge is 2.22. The molecular weight excluding hydrogens is 725 g/mol. The Balaban J connectivity index is 1.07. The molecule has 13 aromatic rings. The standard InChI is InChI=1S/C53H32N4S/c1-6-21-45-35(13-1)36-14-2-7-22-46(36)55(45)33-27-29-34(30-28-33)56-47-23-8-3-15-37(47)40-31-32-41-38-16-4-9-24-48(38)57(52(41)51(40)56)50-26-12-20-44(54-50)43-19-11-18-42-39-17-5-10-25-49(39)58-53(42)43/h1-32H. The van der Waals surface area contributed by atoms with Gasteiger partial charge in [0.2, 0.25) is 0 Å². The van der Waals surface area contributed by atoms with E-state index >= 15 is 0 Å². The third-order valence-corrected chi connectivity index (χ3v) is 13.3. The lowest BCUT2D eigenvalue weighted by Crippen LogP contribution is -2.01. The largest absolute Gasteiger partial charge is 0.309 e. The number of hydrogen-bond acceptors (Lipinski definition) is 2. The van der Waals surface area contributed by atoms with Gasteiger partial charge in [-0.25, -0.2) is 4.98 Å². The second-order valence-corrected chi connectivity index (χ2v) is 16.2. The highest BCUT2D eigenvalue weighted by atomic mass is 32.1. The van der Waals surface area contributed by atoms with E-state index in [-0.39, 0.29) is 0 Å². The van der Waals surface area contributed by atoms with Crippen LogP contribution in [0, 0.1) is 0 Å². The van der Waals surface area contributed by atoms with Crippen LogP contribution in [0.15, 0.2) is 194 Å². The van der Waals surface area contributed by atoms with Crippen molar-refractivity contribution in [1.29, 1.82) is 0 Å². The van der Waals surface area contributed by atoms with Gasteiger partial charge in [0.05, 0.1) is 38.8 Å². The molecule has 5 heteroatoms. The number of benzene rings is 8. The minimum Gasteiger partial charge on any atom is -0.309 e. The van der Waals surface area contributed by atoms with Crippen molar-refractivity contribution in [2.24, 2.45) is 0 Å². The van der Waals surface area contributed by atoms with Crippen molar-refractivity contribution in [3.8, 4) is 28.5 Å². The molecule has 0 atom stereocenters. The Morgan fingerprint density at radius 2 is 0.793 bits per heavy atom. The average molecular weight is 757 g/mol. The fourth-order valence-electron chi connectivity index (χ4n) is 9.61. The fourth-order valence-corrected chi connectivity index (χ4v) is 10.8. The summed E-state index contributed by atoms with van der Waals surface area (Å²) in [5.74, 6) is 0.896. The van der Waals surface area contributed by atoms with Crippen LogP contribution in [0.3, 0.4) is 0 Å². The zero-order valence-electron chi connectivity index (χ0n) is 31.2. The molecule has 0 fully saturated rings. The van der Waals surface area contributed by atoms with Gasteiger partial charge in [0, 0.05) is 69.4 Å². The Kier molecular flexibility index (Phi) is 6.57. The molecule has 270 valence electrons. The van der Waals surface area contributed by atoms with Crippen LogP contribution in [0.2, 0.25) is 0 Å². The lowest BCUT2D eigenvalue weighted by molar-refractivity contribution is 1.08. The molecule has 8 aromatic carbocycles. The van der Waals surface area contributed by atoms with E-state index in [1.54, 1.807) is 0 Å². The second kappa shape index (κ2) is 12.0. The summed E-state index contributed by atoms with van der Waals surface area (Å²) in [6.07, 6.45) is 0. The monoisotopic (exact) mass is 756 g/mol. The Morgan fingerprint density at radius 3 is 1.43 bits per heavy atom. The van der Waals surface area contributed by atoms with Gasteiger partial charge in [-0.3, -0.25) is 4.57 Å². The molecule has 0 unspecified atom stereocenters. The van der Waals surface area contributed by atoms with Crippen LogP contribution in [-0.4, -0.2) is 18.7 Å². The summed E-state index contributed by atoms with van der Waals surface area (Å²) < 4.78 is 9.79. The Labute approximate surface area is 336 Å². The fraction of sp³-hybridized carbons (Fsp3) is 0. The molecular formula is C53H32N4S. The van der Waals surface area contributed by atoms with E-state index in [0.29, 0.717) is 0 Å². The second-order valence-electron chi connectivity index (χ2n) is 15.1. The zero-order valence-corrected chi connectivity index (χ0v) is 32.0.